The van der Waals surface area contributed by atoms with Gasteiger partial charge in [0.05, 0.1) is 0 Å². The Hall–Kier alpha value is -4.03. The fourth-order valence-electron chi connectivity index (χ4n) is 0.436. The van der Waals surface area contributed by atoms with E-state index in [9.17, 15) is 0 Å². The van der Waals surface area contributed by atoms with E-state index in [4.69, 9.17) is 13.0 Å². The van der Waals surface area contributed by atoms with Crippen LogP contribution in [-0.4, -0.2) is 0 Å². The molecule has 18 heavy (non-hydrogen) atoms. The van der Waals surface area contributed by atoms with Crippen molar-refractivity contribution in [3.05, 3.63) is 11.4 Å². The van der Waals surface area contributed by atoms with Crippen LogP contribution in [0.2, 0.25) is 0 Å². The molecule has 0 heterocycles. The summed E-state index contributed by atoms with van der Waals surface area (Å²) in [4.78, 5) is 2.79. The minimum absolute atomic E-state index is 2.09. The molecule has 0 aromatic heterocycles. The molecule has 0 bridgehead atoms. The number of hydrogen-bond acceptors (Lipinski definition) is 0. The molecule has 74 valence electrons. The Balaban J connectivity index is 4.31. The maximum absolute atomic E-state index is 6.35. The van der Waals surface area contributed by atoms with Gasteiger partial charge in [-0.05, 0) is 82.9 Å². The molecular formula is C17HN. The first-order valence-electron chi connectivity index (χ1n) is 4.24. The second-order valence-corrected chi connectivity index (χ2v) is 1.99. The van der Waals surface area contributed by atoms with Crippen LogP contribution in [0.5, 0.6) is 0 Å². The predicted octanol–water partition coefficient (Wildman–Crippen LogP) is 0.520. The highest BCUT2D eigenvalue weighted by Gasteiger charge is 1.57. The van der Waals surface area contributed by atoms with Gasteiger partial charge in [0.2, 0.25) is 0 Å². The molecule has 0 aromatic rings. The van der Waals surface area contributed by atoms with Crippen molar-refractivity contribution in [3.8, 4) is 95.4 Å². The number of terminal acetylenes is 1. The highest BCUT2D eigenvalue weighted by atomic mass is 14.6. The molecule has 0 atom stereocenters. The molecule has 0 N–H and O–H groups in total. The first-order valence-corrected chi connectivity index (χ1v) is 4.24. The summed E-state index contributed by atoms with van der Waals surface area (Å²) in [6.45, 7) is 6.35. The normalized spacial score (nSPS) is 3.67. The largest absolute Gasteiger partial charge is 0.193 e. The van der Waals surface area contributed by atoms with Crippen LogP contribution < -0.4 is 0 Å². The van der Waals surface area contributed by atoms with Crippen LogP contribution in [0.25, 0.3) is 4.85 Å². The van der Waals surface area contributed by atoms with Crippen molar-refractivity contribution in [2.75, 3.05) is 0 Å². The molecule has 0 radical (unpaired) electrons. The van der Waals surface area contributed by atoms with Gasteiger partial charge in [0.1, 0.15) is 12.6 Å². The number of nitrogens with zero attached hydrogens (tertiary/aromatic N) is 1. The lowest BCUT2D eigenvalue weighted by molar-refractivity contribution is 2.24. The lowest BCUT2D eigenvalue weighted by Gasteiger charge is -1.56. The molecular weight excluding hydrogens is 218 g/mol. The molecule has 1 heteroatoms. The van der Waals surface area contributed by atoms with Gasteiger partial charge in [-0.1, -0.05) is 0 Å². The fraction of sp³-hybridized carbons (Fsp3) is 0. The smallest absolute Gasteiger partial charge is 0.146 e. The van der Waals surface area contributed by atoms with Gasteiger partial charge in [0.25, 0.3) is 0 Å². The lowest BCUT2D eigenvalue weighted by Crippen LogP contribution is -1.55. The predicted molar refractivity (Wildman–Crippen MR) is 69.9 cm³/mol. The van der Waals surface area contributed by atoms with Gasteiger partial charge in [-0.25, -0.2) is 0 Å². The van der Waals surface area contributed by atoms with Crippen molar-refractivity contribution >= 4 is 0 Å². The summed E-state index contributed by atoms with van der Waals surface area (Å²) in [6.07, 6.45) is 4.88. The topological polar surface area (TPSA) is 4.36 Å². The van der Waals surface area contributed by atoms with Crippen molar-refractivity contribution in [1.29, 1.82) is 0 Å². The van der Waals surface area contributed by atoms with E-state index in [0.29, 0.717) is 0 Å². The Labute approximate surface area is 107 Å². The van der Waals surface area contributed by atoms with Gasteiger partial charge >= 0.3 is 0 Å². The highest BCUT2D eigenvalue weighted by Crippen LogP contribution is 1.58. The van der Waals surface area contributed by atoms with Crippen LogP contribution in [0.15, 0.2) is 0 Å². The maximum Gasteiger partial charge on any atom is 0.146 e. The zero-order chi connectivity index (χ0) is 13.3. The quantitative estimate of drug-likeness (QED) is 0.413. The van der Waals surface area contributed by atoms with Crippen molar-refractivity contribution < 1.29 is 0 Å². The van der Waals surface area contributed by atoms with E-state index in [1.165, 1.54) is 0 Å². The van der Waals surface area contributed by atoms with Crippen LogP contribution in [0.1, 0.15) is 0 Å². The third-order valence-electron chi connectivity index (χ3n) is 0.934. The van der Waals surface area contributed by atoms with Gasteiger partial charge in [-0.15, -0.1) is 6.42 Å². The molecule has 0 saturated heterocycles. The molecule has 0 amide bonds. The molecule has 1 nitrogen and oxygen atoms in total. The SMILES string of the molecule is [C-]#[N+]C#CC#CC#CC#CC#CC#CC#CC#C. The van der Waals surface area contributed by atoms with E-state index >= 15 is 0 Å². The summed E-state index contributed by atoms with van der Waals surface area (Å²) in [5, 5.41) is 0. The van der Waals surface area contributed by atoms with E-state index in [-0.39, 0.29) is 0 Å². The van der Waals surface area contributed by atoms with Gasteiger partial charge < -0.3 is 0 Å². The average Bonchev–Trinajstić information content (AvgIpc) is 2.39. The van der Waals surface area contributed by atoms with Gasteiger partial charge in [-0.3, -0.25) is 0 Å². The Morgan fingerprint density at radius 3 is 1.22 bits per heavy atom. The summed E-state index contributed by atoms with van der Waals surface area (Å²) in [6, 6.07) is 2.09. The molecule has 0 rings (SSSR count). The maximum atomic E-state index is 6.35. The van der Waals surface area contributed by atoms with Crippen LogP contribution in [-0.2, 0) is 0 Å². The molecule has 0 spiro atoms. The third kappa shape index (κ3) is 12.0. The summed E-state index contributed by atoms with van der Waals surface area (Å²) in [5.74, 6) is 33.4. The van der Waals surface area contributed by atoms with Crippen molar-refractivity contribution in [3.63, 3.8) is 0 Å². The van der Waals surface area contributed by atoms with Crippen molar-refractivity contribution in [1.82, 2.24) is 0 Å². The average molecular weight is 219 g/mol. The summed E-state index contributed by atoms with van der Waals surface area (Å²) < 4.78 is 0. The Bertz CT molecular complexity index is 749. The van der Waals surface area contributed by atoms with E-state index in [0.717, 1.165) is 0 Å². The molecule has 0 aliphatic carbocycles. The van der Waals surface area contributed by atoms with Crippen molar-refractivity contribution in [2.45, 2.75) is 0 Å². The molecule has 0 unspecified atom stereocenters. The van der Waals surface area contributed by atoms with Gasteiger partial charge in [0.15, 0.2) is 0 Å². The monoisotopic (exact) mass is 219 g/mol. The Morgan fingerprint density at radius 2 is 0.889 bits per heavy atom. The summed E-state index contributed by atoms with van der Waals surface area (Å²) in [7, 11) is 0. The number of rotatable bonds is 0. The van der Waals surface area contributed by atoms with E-state index < -0.39 is 0 Å². The Morgan fingerprint density at radius 1 is 0.556 bits per heavy atom. The molecule has 0 aromatic carbocycles. The molecule has 0 aliphatic heterocycles. The highest BCUT2D eigenvalue weighted by molar-refractivity contribution is 5.45. The first kappa shape index (κ1) is 14.0. The van der Waals surface area contributed by atoms with Gasteiger partial charge in [0, 0.05) is 0 Å². The second-order valence-electron chi connectivity index (χ2n) is 1.99. The van der Waals surface area contributed by atoms with E-state index in [2.05, 4.69) is 93.8 Å². The second kappa shape index (κ2) is 13.0. The zero-order valence-electron chi connectivity index (χ0n) is 9.02. The first-order chi connectivity index (χ1) is 8.91. The van der Waals surface area contributed by atoms with Crippen LogP contribution >= 0.6 is 0 Å². The van der Waals surface area contributed by atoms with Crippen LogP contribution in [0.4, 0.5) is 0 Å². The fourth-order valence-corrected chi connectivity index (χ4v) is 0.436. The lowest BCUT2D eigenvalue weighted by atomic mass is 10.5. The minimum Gasteiger partial charge on any atom is -0.193 e. The zero-order valence-corrected chi connectivity index (χ0v) is 9.02. The van der Waals surface area contributed by atoms with E-state index in [1.807, 2.05) is 0 Å². The summed E-state index contributed by atoms with van der Waals surface area (Å²) in [5.41, 5.74) is 0. The van der Waals surface area contributed by atoms with Crippen molar-refractivity contribution in [2.24, 2.45) is 0 Å². The third-order valence-corrected chi connectivity index (χ3v) is 0.934. The minimum atomic E-state index is 2.09. The molecule has 0 saturated carbocycles. The molecule has 0 aliphatic rings. The summed E-state index contributed by atoms with van der Waals surface area (Å²) >= 11 is 0. The van der Waals surface area contributed by atoms with Gasteiger partial charge in [-0.2, -0.15) is 4.85 Å². The number of hydrogen-bond donors (Lipinski definition) is 0. The Kier molecular flexibility index (Phi) is 10.1. The van der Waals surface area contributed by atoms with Crippen LogP contribution in [0.3, 0.4) is 0 Å². The standard InChI is InChI=1S/C17HN/c1-3-4-5-6-7-8-9-10-11-12-13-14-15-16-17-18-2/h1H. The molecule has 0 fully saturated rings. The van der Waals surface area contributed by atoms with Crippen LogP contribution in [0, 0.1) is 102 Å². The van der Waals surface area contributed by atoms with E-state index in [1.54, 1.807) is 0 Å².